The van der Waals surface area contributed by atoms with Gasteiger partial charge in [-0.15, -0.1) is 11.3 Å². The molecule has 17 heavy (non-hydrogen) atoms. The Balaban J connectivity index is 2.15. The lowest BCUT2D eigenvalue weighted by Crippen LogP contribution is -2.50. The lowest BCUT2D eigenvalue weighted by molar-refractivity contribution is -0.0180. The highest BCUT2D eigenvalue weighted by Gasteiger charge is 2.36. The monoisotopic (exact) mass is 253 g/mol. The van der Waals surface area contributed by atoms with Gasteiger partial charge < -0.3 is 10.0 Å². The third-order valence-corrected chi connectivity index (χ3v) is 4.52. The number of nitrogens with zero attached hydrogens (tertiary/aromatic N) is 1. The highest BCUT2D eigenvalue weighted by Crippen LogP contribution is 2.30. The topological polar surface area (TPSA) is 40.5 Å². The van der Waals surface area contributed by atoms with Gasteiger partial charge in [0.25, 0.3) is 5.91 Å². The maximum Gasteiger partial charge on any atom is 0.264 e. The van der Waals surface area contributed by atoms with E-state index in [1.54, 1.807) is 0 Å². The molecule has 1 aromatic heterocycles. The van der Waals surface area contributed by atoms with Crippen LogP contribution in [-0.4, -0.2) is 35.1 Å². The van der Waals surface area contributed by atoms with Crippen molar-refractivity contribution in [3.8, 4) is 0 Å². The number of amides is 1. The number of thiophene rings is 1. The van der Waals surface area contributed by atoms with Crippen LogP contribution in [0.15, 0.2) is 11.4 Å². The van der Waals surface area contributed by atoms with Crippen LogP contribution >= 0.6 is 11.3 Å². The minimum absolute atomic E-state index is 0.109. The zero-order chi connectivity index (χ0) is 12.6. The van der Waals surface area contributed by atoms with Crippen molar-refractivity contribution in [2.75, 3.05) is 13.1 Å². The molecule has 3 nitrogen and oxygen atoms in total. The van der Waals surface area contributed by atoms with Gasteiger partial charge in [0, 0.05) is 18.5 Å². The molecule has 0 aromatic carbocycles. The van der Waals surface area contributed by atoms with Crippen molar-refractivity contribution in [1.29, 1.82) is 0 Å². The molecule has 1 atom stereocenters. The maximum absolute atomic E-state index is 12.3. The first-order valence-electron chi connectivity index (χ1n) is 5.93. The molecule has 2 rings (SSSR count). The average molecular weight is 253 g/mol. The number of carbonyl (C=O) groups excluding carboxylic acids is 1. The summed E-state index contributed by atoms with van der Waals surface area (Å²) in [5.74, 6) is 0.109. The summed E-state index contributed by atoms with van der Waals surface area (Å²) < 4.78 is 0. The summed E-state index contributed by atoms with van der Waals surface area (Å²) in [6.07, 6.45) is 0.361. The van der Waals surface area contributed by atoms with E-state index in [0.29, 0.717) is 19.5 Å². The van der Waals surface area contributed by atoms with Crippen molar-refractivity contribution in [2.24, 2.45) is 5.41 Å². The van der Waals surface area contributed by atoms with Crippen LogP contribution in [0.3, 0.4) is 0 Å². The Labute approximate surface area is 106 Å². The van der Waals surface area contributed by atoms with Crippen LogP contribution in [0.4, 0.5) is 0 Å². The molecule has 94 valence electrons. The number of carbonyl (C=O) groups is 1. The summed E-state index contributed by atoms with van der Waals surface area (Å²) >= 11 is 1.50. The second kappa shape index (κ2) is 4.42. The first-order chi connectivity index (χ1) is 7.92. The minimum atomic E-state index is -0.309. The van der Waals surface area contributed by atoms with Crippen molar-refractivity contribution in [1.82, 2.24) is 4.90 Å². The molecule has 1 aromatic rings. The van der Waals surface area contributed by atoms with E-state index >= 15 is 0 Å². The highest BCUT2D eigenvalue weighted by atomic mass is 32.1. The summed E-state index contributed by atoms with van der Waals surface area (Å²) in [4.78, 5) is 15.0. The first-order valence-corrected chi connectivity index (χ1v) is 6.81. The molecule has 1 saturated heterocycles. The van der Waals surface area contributed by atoms with Crippen LogP contribution in [0.2, 0.25) is 0 Å². The molecule has 0 aliphatic carbocycles. The van der Waals surface area contributed by atoms with Gasteiger partial charge in [0.05, 0.1) is 11.0 Å². The summed E-state index contributed by atoms with van der Waals surface area (Å²) in [5, 5.41) is 11.8. The van der Waals surface area contributed by atoms with Gasteiger partial charge in [0.2, 0.25) is 0 Å². The number of likely N-dealkylation sites (tertiary alicyclic amines) is 1. The standard InChI is InChI=1S/C13H19NO2S/c1-9-5-7-17-11(9)12(16)14-6-4-10(15)13(2,3)8-14/h5,7,10,15H,4,6,8H2,1-3H3. The van der Waals surface area contributed by atoms with Gasteiger partial charge in [0.15, 0.2) is 0 Å². The minimum Gasteiger partial charge on any atom is -0.392 e. The summed E-state index contributed by atoms with van der Waals surface area (Å²) in [5.41, 5.74) is 0.836. The van der Waals surface area contributed by atoms with Crippen LogP contribution in [0, 0.1) is 12.3 Å². The molecule has 2 heterocycles. The van der Waals surface area contributed by atoms with E-state index in [4.69, 9.17) is 0 Å². The molecule has 4 heteroatoms. The Kier molecular flexibility index (Phi) is 3.27. The predicted molar refractivity (Wildman–Crippen MR) is 69.4 cm³/mol. The molecule has 1 fully saturated rings. The van der Waals surface area contributed by atoms with Gasteiger partial charge >= 0.3 is 0 Å². The third-order valence-electron chi connectivity index (χ3n) is 3.52. The molecule has 1 aliphatic rings. The van der Waals surface area contributed by atoms with Crippen molar-refractivity contribution in [2.45, 2.75) is 33.3 Å². The molecule has 1 unspecified atom stereocenters. The Morgan fingerprint density at radius 3 is 2.82 bits per heavy atom. The van der Waals surface area contributed by atoms with E-state index < -0.39 is 0 Å². The second-order valence-corrected chi connectivity index (χ2v) is 6.37. The first kappa shape index (κ1) is 12.6. The van der Waals surface area contributed by atoms with Crippen LogP contribution in [0.1, 0.15) is 35.5 Å². The number of aryl methyl sites for hydroxylation is 1. The van der Waals surface area contributed by atoms with E-state index in [1.807, 2.05) is 37.1 Å². The van der Waals surface area contributed by atoms with Gasteiger partial charge in [-0.25, -0.2) is 0 Å². The largest absolute Gasteiger partial charge is 0.392 e. The fourth-order valence-corrected chi connectivity index (χ4v) is 3.15. The number of hydrogen-bond acceptors (Lipinski definition) is 3. The predicted octanol–water partition coefficient (Wildman–Crippen LogP) is 2.29. The highest BCUT2D eigenvalue weighted by molar-refractivity contribution is 7.12. The summed E-state index contributed by atoms with van der Waals surface area (Å²) in [6.45, 7) is 7.27. The second-order valence-electron chi connectivity index (χ2n) is 5.45. The van der Waals surface area contributed by atoms with Crippen molar-refractivity contribution in [3.63, 3.8) is 0 Å². The van der Waals surface area contributed by atoms with Gasteiger partial charge in [-0.05, 0) is 30.4 Å². The van der Waals surface area contributed by atoms with Crippen molar-refractivity contribution < 1.29 is 9.90 Å². The van der Waals surface area contributed by atoms with Crippen LogP contribution in [0.5, 0.6) is 0 Å². The zero-order valence-corrected chi connectivity index (χ0v) is 11.4. The number of hydrogen-bond donors (Lipinski definition) is 1. The van der Waals surface area contributed by atoms with Gasteiger partial charge in [-0.2, -0.15) is 0 Å². The van der Waals surface area contributed by atoms with Crippen molar-refractivity contribution >= 4 is 17.2 Å². The lowest BCUT2D eigenvalue weighted by atomic mass is 9.81. The Morgan fingerprint density at radius 2 is 2.29 bits per heavy atom. The molecular weight excluding hydrogens is 234 g/mol. The van der Waals surface area contributed by atoms with E-state index in [-0.39, 0.29) is 17.4 Å². The SMILES string of the molecule is Cc1ccsc1C(=O)N1CCC(O)C(C)(C)C1. The molecule has 0 spiro atoms. The van der Waals surface area contributed by atoms with Crippen LogP contribution in [-0.2, 0) is 0 Å². The molecule has 0 saturated carbocycles. The summed E-state index contributed by atoms with van der Waals surface area (Å²) in [6, 6.07) is 1.97. The van der Waals surface area contributed by atoms with E-state index in [0.717, 1.165) is 10.4 Å². The van der Waals surface area contributed by atoms with Gasteiger partial charge in [0.1, 0.15) is 0 Å². The quantitative estimate of drug-likeness (QED) is 0.834. The molecule has 0 radical (unpaired) electrons. The van der Waals surface area contributed by atoms with E-state index in [9.17, 15) is 9.90 Å². The Hall–Kier alpha value is -0.870. The smallest absolute Gasteiger partial charge is 0.264 e. The summed E-state index contributed by atoms with van der Waals surface area (Å²) in [7, 11) is 0. The van der Waals surface area contributed by atoms with Crippen LogP contribution < -0.4 is 0 Å². The normalized spacial score (nSPS) is 23.8. The zero-order valence-electron chi connectivity index (χ0n) is 10.6. The Morgan fingerprint density at radius 1 is 1.59 bits per heavy atom. The maximum atomic E-state index is 12.3. The number of aliphatic hydroxyl groups is 1. The van der Waals surface area contributed by atoms with E-state index in [2.05, 4.69) is 0 Å². The van der Waals surface area contributed by atoms with E-state index in [1.165, 1.54) is 11.3 Å². The number of piperidine rings is 1. The van der Waals surface area contributed by atoms with Gasteiger partial charge in [-0.3, -0.25) is 4.79 Å². The fourth-order valence-electron chi connectivity index (χ4n) is 2.25. The van der Waals surface area contributed by atoms with Crippen molar-refractivity contribution in [3.05, 3.63) is 21.9 Å². The average Bonchev–Trinajstić information content (AvgIpc) is 2.67. The van der Waals surface area contributed by atoms with Crippen LogP contribution in [0.25, 0.3) is 0 Å². The lowest BCUT2D eigenvalue weighted by Gasteiger charge is -2.41. The number of aliphatic hydroxyl groups excluding tert-OH is 1. The Bertz CT molecular complexity index is 425. The third kappa shape index (κ3) is 2.38. The molecule has 1 aliphatic heterocycles. The molecular formula is C13H19NO2S. The molecule has 0 bridgehead atoms. The molecule has 1 amide bonds. The van der Waals surface area contributed by atoms with Gasteiger partial charge in [-0.1, -0.05) is 13.8 Å². The fraction of sp³-hybridized carbons (Fsp3) is 0.615. The molecule has 1 N–H and O–H groups in total. The number of rotatable bonds is 1.